The van der Waals surface area contributed by atoms with Gasteiger partial charge in [0.1, 0.15) is 0 Å². The molecule has 0 spiro atoms. The second-order valence-electron chi connectivity index (χ2n) is 3.93. The molecule has 0 aromatic heterocycles. The minimum absolute atomic E-state index is 0.355. The summed E-state index contributed by atoms with van der Waals surface area (Å²) >= 11 is 0. The highest BCUT2D eigenvalue weighted by Gasteiger charge is 2.19. The van der Waals surface area contributed by atoms with E-state index >= 15 is 0 Å². The lowest BCUT2D eigenvalue weighted by Crippen LogP contribution is -2.32. The molecule has 1 aromatic carbocycles. The van der Waals surface area contributed by atoms with Crippen molar-refractivity contribution in [2.24, 2.45) is 0 Å². The van der Waals surface area contributed by atoms with Crippen LogP contribution in [0.3, 0.4) is 0 Å². The van der Waals surface area contributed by atoms with Crippen molar-refractivity contribution in [3.8, 4) is 0 Å². The molecule has 0 amide bonds. The number of aryl methyl sites for hydroxylation is 1. The summed E-state index contributed by atoms with van der Waals surface area (Å²) in [6.45, 7) is 3.15. The molecular formula is C12H20N2O2S. The largest absolute Gasteiger partial charge is 0.318 e. The van der Waals surface area contributed by atoms with Gasteiger partial charge in [0, 0.05) is 20.1 Å². The van der Waals surface area contributed by atoms with Crippen LogP contribution in [0, 0.1) is 0 Å². The third-order valence-corrected chi connectivity index (χ3v) is 4.59. The molecule has 0 bridgehead atoms. The predicted octanol–water partition coefficient (Wildman–Crippen LogP) is 1.09. The maximum atomic E-state index is 12.1. The fraction of sp³-hybridized carbons (Fsp3) is 0.500. The van der Waals surface area contributed by atoms with E-state index in [1.54, 1.807) is 26.2 Å². The minimum Gasteiger partial charge on any atom is -0.318 e. The first-order valence-electron chi connectivity index (χ1n) is 5.72. The number of hydrogen-bond acceptors (Lipinski definition) is 3. The summed E-state index contributed by atoms with van der Waals surface area (Å²) in [6, 6.07) is 7.06. The Bertz CT molecular complexity index is 440. The van der Waals surface area contributed by atoms with E-state index in [0.29, 0.717) is 18.0 Å². The Hall–Kier alpha value is -0.910. The summed E-state index contributed by atoms with van der Waals surface area (Å²) in [5.74, 6) is 0. The molecule has 5 heteroatoms. The number of likely N-dealkylation sites (N-methyl/N-ethyl adjacent to an activating group) is 2. The monoisotopic (exact) mass is 256 g/mol. The SMILES string of the molecule is CCc1ccc(S(=O)(=O)N(C)CCNC)cc1. The first-order valence-corrected chi connectivity index (χ1v) is 7.16. The lowest BCUT2D eigenvalue weighted by molar-refractivity contribution is 0.466. The second-order valence-corrected chi connectivity index (χ2v) is 5.97. The lowest BCUT2D eigenvalue weighted by Gasteiger charge is -2.17. The highest BCUT2D eigenvalue weighted by molar-refractivity contribution is 7.89. The Morgan fingerprint density at radius 2 is 1.82 bits per heavy atom. The Labute approximate surface area is 104 Å². The van der Waals surface area contributed by atoms with Crippen molar-refractivity contribution in [1.29, 1.82) is 0 Å². The van der Waals surface area contributed by atoms with E-state index in [-0.39, 0.29) is 0 Å². The van der Waals surface area contributed by atoms with E-state index < -0.39 is 10.0 Å². The third kappa shape index (κ3) is 3.52. The first kappa shape index (κ1) is 14.2. The summed E-state index contributed by atoms with van der Waals surface area (Å²) in [5.41, 5.74) is 1.14. The van der Waals surface area contributed by atoms with Crippen molar-refractivity contribution in [3.05, 3.63) is 29.8 Å². The van der Waals surface area contributed by atoms with E-state index in [0.717, 1.165) is 12.0 Å². The van der Waals surface area contributed by atoms with Gasteiger partial charge in [0.15, 0.2) is 0 Å². The van der Waals surface area contributed by atoms with E-state index in [2.05, 4.69) is 5.32 Å². The van der Waals surface area contributed by atoms with E-state index in [4.69, 9.17) is 0 Å². The highest BCUT2D eigenvalue weighted by Crippen LogP contribution is 2.15. The molecule has 17 heavy (non-hydrogen) atoms. The zero-order valence-corrected chi connectivity index (χ0v) is 11.4. The molecule has 0 atom stereocenters. The molecule has 0 saturated heterocycles. The molecule has 0 aliphatic carbocycles. The number of benzene rings is 1. The summed E-state index contributed by atoms with van der Waals surface area (Å²) in [7, 11) is 0.0568. The molecule has 0 heterocycles. The number of hydrogen-bond donors (Lipinski definition) is 1. The van der Waals surface area contributed by atoms with Crippen molar-refractivity contribution in [3.63, 3.8) is 0 Å². The average molecular weight is 256 g/mol. The number of nitrogens with one attached hydrogen (secondary N) is 1. The van der Waals surface area contributed by atoms with Crippen molar-refractivity contribution in [2.45, 2.75) is 18.2 Å². The van der Waals surface area contributed by atoms with Gasteiger partial charge >= 0.3 is 0 Å². The van der Waals surface area contributed by atoms with Gasteiger partial charge in [0.05, 0.1) is 4.90 Å². The van der Waals surface area contributed by atoms with Gasteiger partial charge in [-0.05, 0) is 31.2 Å². The Morgan fingerprint density at radius 1 is 1.24 bits per heavy atom. The van der Waals surface area contributed by atoms with Gasteiger partial charge in [-0.1, -0.05) is 19.1 Å². The summed E-state index contributed by atoms with van der Waals surface area (Å²) in [4.78, 5) is 0.355. The van der Waals surface area contributed by atoms with Crippen LogP contribution in [0.1, 0.15) is 12.5 Å². The van der Waals surface area contributed by atoms with E-state index in [1.807, 2.05) is 19.1 Å². The van der Waals surface area contributed by atoms with Crippen LogP contribution in [0.15, 0.2) is 29.2 Å². The van der Waals surface area contributed by atoms with Gasteiger partial charge in [0.2, 0.25) is 10.0 Å². The van der Waals surface area contributed by atoms with Gasteiger partial charge in [-0.25, -0.2) is 8.42 Å². The zero-order valence-electron chi connectivity index (χ0n) is 10.6. The zero-order chi connectivity index (χ0) is 12.9. The fourth-order valence-electron chi connectivity index (χ4n) is 1.47. The van der Waals surface area contributed by atoms with Crippen molar-refractivity contribution in [2.75, 3.05) is 27.2 Å². The Kier molecular flexibility index (Phi) is 5.11. The van der Waals surface area contributed by atoms with Crippen LogP contribution in [0.25, 0.3) is 0 Å². The van der Waals surface area contributed by atoms with Gasteiger partial charge in [-0.15, -0.1) is 0 Å². The van der Waals surface area contributed by atoms with Gasteiger partial charge in [0.25, 0.3) is 0 Å². The molecule has 0 unspecified atom stereocenters. The van der Waals surface area contributed by atoms with Crippen LogP contribution < -0.4 is 5.32 Å². The highest BCUT2D eigenvalue weighted by atomic mass is 32.2. The summed E-state index contributed by atoms with van der Waals surface area (Å²) < 4.78 is 25.6. The van der Waals surface area contributed by atoms with E-state index in [9.17, 15) is 8.42 Å². The molecule has 0 radical (unpaired) electrons. The smallest absolute Gasteiger partial charge is 0.242 e. The molecular weight excluding hydrogens is 236 g/mol. The van der Waals surface area contributed by atoms with Crippen LogP contribution >= 0.6 is 0 Å². The predicted molar refractivity (Wildman–Crippen MR) is 69.6 cm³/mol. The number of nitrogens with zero attached hydrogens (tertiary/aromatic N) is 1. The van der Waals surface area contributed by atoms with Crippen LogP contribution in [-0.4, -0.2) is 39.9 Å². The first-order chi connectivity index (χ1) is 8.02. The van der Waals surface area contributed by atoms with Crippen LogP contribution in [-0.2, 0) is 16.4 Å². The topological polar surface area (TPSA) is 49.4 Å². The third-order valence-electron chi connectivity index (χ3n) is 2.72. The Morgan fingerprint density at radius 3 is 2.29 bits per heavy atom. The number of rotatable bonds is 6. The van der Waals surface area contributed by atoms with Crippen molar-refractivity contribution in [1.82, 2.24) is 9.62 Å². The molecule has 1 rings (SSSR count). The van der Waals surface area contributed by atoms with Crippen molar-refractivity contribution >= 4 is 10.0 Å². The lowest BCUT2D eigenvalue weighted by atomic mass is 10.2. The molecule has 0 aliphatic heterocycles. The van der Waals surface area contributed by atoms with Crippen LogP contribution in [0.4, 0.5) is 0 Å². The maximum Gasteiger partial charge on any atom is 0.242 e. The van der Waals surface area contributed by atoms with Gasteiger partial charge in [-0.3, -0.25) is 0 Å². The molecule has 96 valence electrons. The van der Waals surface area contributed by atoms with Gasteiger partial charge in [-0.2, -0.15) is 4.31 Å². The van der Waals surface area contributed by atoms with Crippen molar-refractivity contribution < 1.29 is 8.42 Å². The van der Waals surface area contributed by atoms with E-state index in [1.165, 1.54) is 4.31 Å². The standard InChI is InChI=1S/C12H20N2O2S/c1-4-11-5-7-12(8-6-11)17(15,16)14(3)10-9-13-2/h5-8,13H,4,9-10H2,1-3H3. The Balaban J connectivity index is 2.88. The molecule has 0 fully saturated rings. The fourth-order valence-corrected chi connectivity index (χ4v) is 2.64. The molecule has 4 nitrogen and oxygen atoms in total. The summed E-state index contributed by atoms with van der Waals surface area (Å²) in [5, 5.41) is 2.93. The van der Waals surface area contributed by atoms with Gasteiger partial charge < -0.3 is 5.32 Å². The molecule has 1 aromatic rings. The minimum atomic E-state index is -3.34. The number of sulfonamides is 1. The van der Waals surface area contributed by atoms with Crippen LogP contribution in [0.5, 0.6) is 0 Å². The normalized spacial score (nSPS) is 12.0. The molecule has 0 aliphatic rings. The quantitative estimate of drug-likeness (QED) is 0.829. The van der Waals surface area contributed by atoms with Crippen LogP contribution in [0.2, 0.25) is 0 Å². The molecule has 1 N–H and O–H groups in total. The summed E-state index contributed by atoms with van der Waals surface area (Å²) in [6.07, 6.45) is 0.913. The second kappa shape index (κ2) is 6.14. The molecule has 0 saturated carbocycles. The average Bonchev–Trinajstić information content (AvgIpc) is 2.35. The maximum absolute atomic E-state index is 12.1.